The van der Waals surface area contributed by atoms with Crippen molar-refractivity contribution < 1.29 is 55.9 Å². The molecule has 1 rings (SSSR count). The van der Waals surface area contributed by atoms with Crippen LogP contribution in [0.25, 0.3) is 0 Å². The van der Waals surface area contributed by atoms with Crippen molar-refractivity contribution in [1.29, 1.82) is 0 Å². The summed E-state index contributed by atoms with van der Waals surface area (Å²) in [7, 11) is -14.1. The Morgan fingerprint density at radius 2 is 1.67 bits per heavy atom. The van der Waals surface area contributed by atoms with E-state index in [0.29, 0.717) is 0 Å². The zero-order valence-corrected chi connectivity index (χ0v) is 15.0. The van der Waals surface area contributed by atoms with E-state index in [2.05, 4.69) is 17.7 Å². The molecular formula is C8H16BO12P3. The zero-order chi connectivity index (χ0) is 18.6. The highest BCUT2D eigenvalue weighted by molar-refractivity contribution is 7.66. The molecule has 0 aromatic carbocycles. The van der Waals surface area contributed by atoms with Gasteiger partial charge in [0.1, 0.15) is 20.6 Å². The fourth-order valence-corrected chi connectivity index (χ4v) is 5.12. The second-order valence-electron chi connectivity index (χ2n) is 4.63. The van der Waals surface area contributed by atoms with Crippen molar-refractivity contribution in [3.05, 3.63) is 0 Å². The number of aliphatic hydroxyl groups is 1. The predicted molar refractivity (Wildman–Crippen MR) is 80.2 cm³/mol. The van der Waals surface area contributed by atoms with Crippen molar-refractivity contribution in [3.8, 4) is 12.3 Å². The van der Waals surface area contributed by atoms with Gasteiger partial charge in [0.2, 0.25) is 0 Å². The first-order chi connectivity index (χ1) is 10.9. The minimum Gasteiger partial charge on any atom is -0.390 e. The van der Waals surface area contributed by atoms with Crippen LogP contribution in [0.4, 0.5) is 0 Å². The van der Waals surface area contributed by atoms with Crippen LogP contribution in [0.3, 0.4) is 0 Å². The lowest BCUT2D eigenvalue weighted by atomic mass is 9.96. The van der Waals surface area contributed by atoms with E-state index in [1.165, 1.54) is 0 Å². The van der Waals surface area contributed by atoms with Gasteiger partial charge in [-0.3, -0.25) is 9.05 Å². The Kier molecular flexibility index (Phi) is 7.84. The van der Waals surface area contributed by atoms with E-state index >= 15 is 0 Å². The van der Waals surface area contributed by atoms with Gasteiger partial charge in [0.15, 0.2) is 0 Å². The van der Waals surface area contributed by atoms with Crippen LogP contribution in [0, 0.1) is 12.3 Å². The first kappa shape index (κ1) is 22.0. The van der Waals surface area contributed by atoms with Crippen LogP contribution in [0.5, 0.6) is 0 Å². The van der Waals surface area contributed by atoms with Crippen molar-refractivity contribution in [1.82, 2.24) is 0 Å². The third-order valence-electron chi connectivity index (χ3n) is 2.54. The third-order valence-corrected chi connectivity index (χ3v) is 6.77. The molecule has 1 aliphatic rings. The molecule has 6 atom stereocenters. The van der Waals surface area contributed by atoms with Crippen LogP contribution in [0.2, 0.25) is 0 Å². The zero-order valence-electron chi connectivity index (χ0n) is 12.3. The minimum absolute atomic E-state index is 0.270. The van der Waals surface area contributed by atoms with Crippen molar-refractivity contribution in [2.45, 2.75) is 24.6 Å². The Morgan fingerprint density at radius 3 is 2.12 bits per heavy atom. The summed E-state index contributed by atoms with van der Waals surface area (Å²) in [6.45, 7) is -1.36. The van der Waals surface area contributed by atoms with Gasteiger partial charge in [0, 0.05) is 6.00 Å². The van der Waals surface area contributed by atoms with Gasteiger partial charge in [0.05, 0.1) is 12.7 Å². The van der Waals surface area contributed by atoms with Gasteiger partial charge < -0.3 is 24.5 Å². The van der Waals surface area contributed by atoms with Crippen LogP contribution < -0.4 is 0 Å². The molecule has 0 bridgehead atoms. The summed E-state index contributed by atoms with van der Waals surface area (Å²) in [5.41, 5.74) is 0. The summed E-state index contributed by atoms with van der Waals surface area (Å²) >= 11 is 0. The van der Waals surface area contributed by atoms with Gasteiger partial charge in [-0.15, -0.1) is 6.42 Å². The maximum absolute atomic E-state index is 11.6. The molecule has 24 heavy (non-hydrogen) atoms. The molecule has 0 amide bonds. The predicted octanol–water partition coefficient (Wildman–Crippen LogP) is -0.904. The summed E-state index contributed by atoms with van der Waals surface area (Å²) in [6, 6.07) is -0.312. The fourth-order valence-electron chi connectivity index (χ4n) is 1.70. The lowest BCUT2D eigenvalue weighted by molar-refractivity contribution is -0.00420. The second kappa shape index (κ2) is 8.56. The van der Waals surface area contributed by atoms with Crippen molar-refractivity contribution in [2.24, 2.45) is 0 Å². The van der Waals surface area contributed by atoms with E-state index < -0.39 is 48.9 Å². The Hall–Kier alpha value is -0.0451. The van der Waals surface area contributed by atoms with Gasteiger partial charge in [-0.1, -0.05) is 5.92 Å². The normalized spacial score (nSPS) is 31.5. The standard InChI is InChI=1S/C8H16BO12P3/c1-2-3-17-22(11,12)20-24(15,16)21-23(13,14)18-5-7-6(10)4-8(9)19-7/h1,6-8,10H,3-5,9H2,(H,11,12)(H,13,14)(H,15,16). The summed E-state index contributed by atoms with van der Waals surface area (Å²) in [4.78, 5) is 27.7. The molecule has 0 aromatic rings. The third kappa shape index (κ3) is 7.89. The Morgan fingerprint density at radius 1 is 1.12 bits per heavy atom. The van der Waals surface area contributed by atoms with Gasteiger partial charge in [0.25, 0.3) is 0 Å². The molecule has 6 unspecified atom stereocenters. The van der Waals surface area contributed by atoms with Crippen LogP contribution in [-0.2, 0) is 36.1 Å². The van der Waals surface area contributed by atoms with E-state index in [1.807, 2.05) is 0 Å². The maximum atomic E-state index is 11.6. The number of hydrogen-bond donors (Lipinski definition) is 4. The fraction of sp³-hybridized carbons (Fsp3) is 0.750. The van der Waals surface area contributed by atoms with E-state index in [4.69, 9.17) is 16.1 Å². The molecule has 0 aromatic heterocycles. The second-order valence-corrected chi connectivity index (χ2v) is 9.26. The highest BCUT2D eigenvalue weighted by Crippen LogP contribution is 2.67. The highest BCUT2D eigenvalue weighted by atomic mass is 31.3. The lowest BCUT2D eigenvalue weighted by Crippen LogP contribution is -2.26. The number of hydrogen-bond acceptors (Lipinski definition) is 9. The summed E-state index contributed by atoms with van der Waals surface area (Å²) in [6.07, 6.45) is 3.11. The SMILES string of the molecule is BC1CC(O)C(COP(=O)(O)OP(=O)(O)OP(=O)(O)OCC#C)O1. The van der Waals surface area contributed by atoms with Crippen LogP contribution in [0.1, 0.15) is 6.42 Å². The largest absolute Gasteiger partial charge is 0.490 e. The lowest BCUT2D eigenvalue weighted by Gasteiger charge is -2.19. The van der Waals surface area contributed by atoms with Crippen molar-refractivity contribution in [3.63, 3.8) is 0 Å². The number of rotatable bonds is 9. The van der Waals surface area contributed by atoms with Crippen LogP contribution >= 0.6 is 23.5 Å². The molecule has 1 heterocycles. The molecule has 1 fully saturated rings. The molecule has 1 saturated heterocycles. The van der Waals surface area contributed by atoms with Crippen LogP contribution in [0.15, 0.2) is 0 Å². The molecule has 12 nitrogen and oxygen atoms in total. The van der Waals surface area contributed by atoms with Crippen molar-refractivity contribution in [2.75, 3.05) is 13.2 Å². The molecule has 0 radical (unpaired) electrons. The molecule has 0 saturated carbocycles. The first-order valence-electron chi connectivity index (χ1n) is 6.33. The van der Waals surface area contributed by atoms with E-state index in [9.17, 15) is 28.6 Å². The number of aliphatic hydroxyl groups excluding tert-OH is 1. The summed E-state index contributed by atoms with van der Waals surface area (Å²) < 4.78 is 55.6. The first-order valence-corrected chi connectivity index (χ1v) is 10.8. The van der Waals surface area contributed by atoms with E-state index in [-0.39, 0.29) is 12.4 Å². The minimum atomic E-state index is -5.51. The van der Waals surface area contributed by atoms with Gasteiger partial charge >= 0.3 is 23.5 Å². The molecule has 0 spiro atoms. The highest BCUT2D eigenvalue weighted by Gasteiger charge is 2.43. The average Bonchev–Trinajstić information content (AvgIpc) is 2.70. The van der Waals surface area contributed by atoms with Gasteiger partial charge in [-0.05, 0) is 6.42 Å². The van der Waals surface area contributed by atoms with Crippen molar-refractivity contribution >= 4 is 31.3 Å². The average molecular weight is 408 g/mol. The molecule has 4 N–H and O–H groups in total. The van der Waals surface area contributed by atoms with Gasteiger partial charge in [-0.25, -0.2) is 13.7 Å². The summed E-state index contributed by atoms with van der Waals surface area (Å²) in [5.74, 6) is 1.80. The Balaban J connectivity index is 2.58. The molecular weight excluding hydrogens is 392 g/mol. The summed E-state index contributed by atoms with van der Waals surface area (Å²) in [5, 5.41) is 9.58. The molecule has 0 aliphatic carbocycles. The van der Waals surface area contributed by atoms with E-state index in [0.717, 1.165) is 0 Å². The topological polar surface area (TPSA) is 178 Å². The molecule has 1 aliphatic heterocycles. The number of terminal acetylenes is 1. The Bertz CT molecular complexity index is 618. The number of ether oxygens (including phenoxy) is 1. The quantitative estimate of drug-likeness (QED) is 0.210. The number of phosphoric acid groups is 3. The van der Waals surface area contributed by atoms with E-state index in [1.54, 1.807) is 13.8 Å². The maximum Gasteiger partial charge on any atom is 0.490 e. The van der Waals surface area contributed by atoms with Gasteiger partial charge in [-0.2, -0.15) is 8.62 Å². The monoisotopic (exact) mass is 408 g/mol. The van der Waals surface area contributed by atoms with Crippen LogP contribution in [-0.4, -0.2) is 59.1 Å². The molecule has 16 heteroatoms. The smallest absolute Gasteiger partial charge is 0.390 e. The molecule has 138 valence electrons. The number of phosphoric ester groups is 2. The Labute approximate surface area is 138 Å².